The highest BCUT2D eigenvalue weighted by atomic mass is 35.5. The largest absolute Gasteiger partial charge is 0.338 e. The minimum atomic E-state index is -0.0411. The lowest BCUT2D eigenvalue weighted by molar-refractivity contribution is 0.441. The number of hydrogen-bond acceptors (Lipinski definition) is 10. The Morgan fingerprint density at radius 2 is 1.02 bits per heavy atom. The van der Waals surface area contributed by atoms with E-state index in [9.17, 15) is 0 Å². The Labute approximate surface area is 258 Å². The Hall–Kier alpha value is -3.80. The van der Waals surface area contributed by atoms with E-state index >= 15 is 0 Å². The molecule has 2 fully saturated rings. The Morgan fingerprint density at radius 1 is 0.581 bits per heavy atom. The molecule has 0 bridgehead atoms. The standard InChI is InChI=1S/C32H38N10.ClH/c33-20-13-21(34)16-41(15-20)31-38-30(39-32(40-31)42-17-22(35)14-23(36)18-42)37-24-11-9-19(10-12-24)29-27-7-3-1-5-25(27)26-6-2-4-8-28(26)29;/h1-12,20-23,29H,13-18,33-36H2,(H,37,38,39,40);1H/t20-,21+,22-,23+;. The summed E-state index contributed by atoms with van der Waals surface area (Å²) in [5, 5.41) is 3.42. The van der Waals surface area contributed by atoms with Crippen LogP contribution in [0.1, 0.15) is 35.4 Å². The molecule has 2 aliphatic heterocycles. The lowest BCUT2D eigenvalue weighted by atomic mass is 9.89. The topological polar surface area (TPSA) is 161 Å². The molecule has 2 saturated heterocycles. The molecule has 4 atom stereocenters. The molecule has 9 N–H and O–H groups in total. The second-order valence-electron chi connectivity index (χ2n) is 11.9. The van der Waals surface area contributed by atoms with Crippen LogP contribution in [0.5, 0.6) is 0 Å². The van der Waals surface area contributed by atoms with Crippen LogP contribution in [0, 0.1) is 0 Å². The van der Waals surface area contributed by atoms with Crippen molar-refractivity contribution in [1.82, 2.24) is 15.0 Å². The third-order valence-electron chi connectivity index (χ3n) is 8.54. The molecule has 0 unspecified atom stereocenters. The average Bonchev–Trinajstić information content (AvgIpc) is 3.31. The minimum Gasteiger partial charge on any atom is -0.338 e. The molecule has 0 spiro atoms. The molecule has 224 valence electrons. The van der Waals surface area contributed by atoms with Crippen LogP contribution in [-0.2, 0) is 0 Å². The Kier molecular flexibility index (Phi) is 8.21. The Balaban J connectivity index is 0.00000329. The fourth-order valence-corrected chi connectivity index (χ4v) is 6.78. The van der Waals surface area contributed by atoms with E-state index in [4.69, 9.17) is 37.9 Å². The fraction of sp³-hybridized carbons (Fsp3) is 0.344. The van der Waals surface area contributed by atoms with E-state index in [1.807, 2.05) is 0 Å². The van der Waals surface area contributed by atoms with E-state index in [2.05, 4.69) is 87.9 Å². The predicted molar refractivity (Wildman–Crippen MR) is 175 cm³/mol. The second kappa shape index (κ2) is 12.1. The lowest BCUT2D eigenvalue weighted by Gasteiger charge is -2.37. The highest BCUT2D eigenvalue weighted by molar-refractivity contribution is 5.85. The number of rotatable bonds is 5. The van der Waals surface area contributed by atoms with E-state index < -0.39 is 0 Å². The van der Waals surface area contributed by atoms with Gasteiger partial charge in [0.05, 0.1) is 0 Å². The molecule has 0 amide bonds. The van der Waals surface area contributed by atoms with Gasteiger partial charge in [0.2, 0.25) is 17.8 Å². The summed E-state index contributed by atoms with van der Waals surface area (Å²) < 4.78 is 0. The Morgan fingerprint density at radius 3 is 1.49 bits per heavy atom. The molecule has 0 radical (unpaired) electrons. The Bertz CT molecular complexity index is 1470. The van der Waals surface area contributed by atoms with Gasteiger partial charge in [0.25, 0.3) is 0 Å². The van der Waals surface area contributed by atoms with Crippen LogP contribution < -0.4 is 38.1 Å². The van der Waals surface area contributed by atoms with Crippen molar-refractivity contribution in [3.8, 4) is 11.1 Å². The van der Waals surface area contributed by atoms with Gasteiger partial charge in [-0.25, -0.2) is 0 Å². The predicted octanol–water partition coefficient (Wildman–Crippen LogP) is 2.93. The monoisotopic (exact) mass is 598 g/mol. The number of nitrogens with zero attached hydrogens (tertiary/aromatic N) is 5. The maximum absolute atomic E-state index is 6.31. The zero-order valence-corrected chi connectivity index (χ0v) is 24.8. The smallest absolute Gasteiger partial charge is 0.233 e. The van der Waals surface area contributed by atoms with Crippen molar-refractivity contribution < 1.29 is 0 Å². The van der Waals surface area contributed by atoms with Crippen LogP contribution in [-0.4, -0.2) is 65.3 Å². The van der Waals surface area contributed by atoms with E-state index in [1.54, 1.807) is 0 Å². The van der Waals surface area contributed by atoms with Crippen molar-refractivity contribution in [2.75, 3.05) is 41.3 Å². The highest BCUT2D eigenvalue weighted by Gasteiger charge is 2.30. The maximum atomic E-state index is 6.31. The van der Waals surface area contributed by atoms with Gasteiger partial charge in [-0.15, -0.1) is 12.4 Å². The molecular weight excluding hydrogens is 560 g/mol. The number of anilines is 4. The molecule has 7 rings (SSSR count). The molecule has 1 aliphatic carbocycles. The number of nitrogens with one attached hydrogen (secondary N) is 1. The van der Waals surface area contributed by atoms with Gasteiger partial charge in [0.15, 0.2) is 0 Å². The van der Waals surface area contributed by atoms with E-state index in [-0.39, 0.29) is 42.5 Å². The lowest BCUT2D eigenvalue weighted by Crippen LogP contribution is -2.54. The molecule has 3 aliphatic rings. The number of benzene rings is 3. The number of halogens is 1. The van der Waals surface area contributed by atoms with Crippen LogP contribution in [0.2, 0.25) is 0 Å². The summed E-state index contributed by atoms with van der Waals surface area (Å²) in [6.45, 7) is 2.53. The zero-order valence-electron chi connectivity index (χ0n) is 24.0. The van der Waals surface area contributed by atoms with E-state index in [1.165, 1.54) is 27.8 Å². The van der Waals surface area contributed by atoms with Gasteiger partial charge in [-0.2, -0.15) is 15.0 Å². The number of hydrogen-bond donors (Lipinski definition) is 5. The molecule has 0 saturated carbocycles. The zero-order chi connectivity index (χ0) is 28.8. The summed E-state index contributed by atoms with van der Waals surface area (Å²) in [4.78, 5) is 18.6. The van der Waals surface area contributed by atoms with Crippen LogP contribution in [0.25, 0.3) is 11.1 Å². The second-order valence-corrected chi connectivity index (χ2v) is 11.9. The van der Waals surface area contributed by atoms with Gasteiger partial charge in [-0.1, -0.05) is 60.7 Å². The summed E-state index contributed by atoms with van der Waals surface area (Å²) in [5.41, 5.74) is 32.6. The first kappa shape index (κ1) is 29.3. The first-order chi connectivity index (χ1) is 20.4. The van der Waals surface area contributed by atoms with Crippen molar-refractivity contribution in [2.45, 2.75) is 42.9 Å². The van der Waals surface area contributed by atoms with Crippen LogP contribution in [0.4, 0.5) is 23.5 Å². The van der Waals surface area contributed by atoms with Gasteiger partial charge in [-0.3, -0.25) is 0 Å². The van der Waals surface area contributed by atoms with Gasteiger partial charge in [-0.05, 0) is 52.8 Å². The number of fused-ring (bicyclic) bond motifs is 3. The van der Waals surface area contributed by atoms with E-state index in [0.717, 1.165) is 18.5 Å². The van der Waals surface area contributed by atoms with Crippen molar-refractivity contribution in [3.05, 3.63) is 89.5 Å². The third-order valence-corrected chi connectivity index (χ3v) is 8.54. The summed E-state index contributed by atoms with van der Waals surface area (Å²) >= 11 is 0. The average molecular weight is 599 g/mol. The SMILES string of the molecule is Cl.N[C@@H]1C[C@H](N)CN(c2nc(Nc3ccc(C4c5ccccc5-c5ccccc54)cc3)nc(N3C[C@H](N)C[C@H](N)C3)n2)C1. The summed E-state index contributed by atoms with van der Waals surface area (Å²) in [5.74, 6) is 1.76. The first-order valence-corrected chi connectivity index (χ1v) is 14.7. The first-order valence-electron chi connectivity index (χ1n) is 14.7. The summed E-state index contributed by atoms with van der Waals surface area (Å²) in [7, 11) is 0. The fourth-order valence-electron chi connectivity index (χ4n) is 6.78. The molecule has 11 heteroatoms. The van der Waals surface area contributed by atoms with Crippen LogP contribution in [0.15, 0.2) is 72.8 Å². The molecule has 3 heterocycles. The van der Waals surface area contributed by atoms with Crippen LogP contribution in [0.3, 0.4) is 0 Å². The summed E-state index contributed by atoms with van der Waals surface area (Å²) in [6.07, 6.45) is 1.55. The van der Waals surface area contributed by atoms with Gasteiger partial charge in [0, 0.05) is 62.0 Å². The van der Waals surface area contributed by atoms with Crippen molar-refractivity contribution >= 4 is 35.9 Å². The normalized spacial score (nSPS) is 23.3. The van der Waals surface area contributed by atoms with Crippen molar-refractivity contribution in [2.24, 2.45) is 22.9 Å². The minimum absolute atomic E-state index is 0. The molecular formula is C32H39ClN10. The molecule has 4 aromatic rings. The number of nitrogens with two attached hydrogens (primary N) is 4. The third kappa shape index (κ3) is 5.89. The molecule has 1 aromatic heterocycles. The van der Waals surface area contributed by atoms with Crippen molar-refractivity contribution in [3.63, 3.8) is 0 Å². The maximum Gasteiger partial charge on any atom is 0.233 e. The molecule has 10 nitrogen and oxygen atoms in total. The van der Waals surface area contributed by atoms with Gasteiger partial charge in [0.1, 0.15) is 0 Å². The van der Waals surface area contributed by atoms with E-state index in [0.29, 0.717) is 44.0 Å². The number of aromatic nitrogens is 3. The highest BCUT2D eigenvalue weighted by Crippen LogP contribution is 2.47. The summed E-state index contributed by atoms with van der Waals surface area (Å²) in [6, 6.07) is 25.7. The molecule has 43 heavy (non-hydrogen) atoms. The number of piperidine rings is 2. The quantitative estimate of drug-likeness (QED) is 0.203. The van der Waals surface area contributed by atoms with Crippen molar-refractivity contribution in [1.29, 1.82) is 0 Å². The van der Waals surface area contributed by atoms with Gasteiger partial charge < -0.3 is 38.1 Å². The molecule has 3 aromatic carbocycles. The van der Waals surface area contributed by atoms with Gasteiger partial charge >= 0.3 is 0 Å². The van der Waals surface area contributed by atoms with Crippen LogP contribution >= 0.6 is 12.4 Å².